The summed E-state index contributed by atoms with van der Waals surface area (Å²) in [7, 11) is -4.49. The van der Waals surface area contributed by atoms with Crippen molar-refractivity contribution < 1.29 is 25.5 Å². The lowest BCUT2D eigenvalue weighted by Gasteiger charge is -2.16. The van der Waals surface area contributed by atoms with Crippen LogP contribution in [0.15, 0.2) is 70.5 Å². The molecule has 2 aromatic heterocycles. The molecule has 0 saturated heterocycles. The number of aromatic nitrogens is 2. The second-order valence-electron chi connectivity index (χ2n) is 9.17. The quantitative estimate of drug-likeness (QED) is 0.239. The summed E-state index contributed by atoms with van der Waals surface area (Å²) in [5, 5.41) is 0.390. The first-order chi connectivity index (χ1) is 19.0. The zero-order valence-corrected chi connectivity index (χ0v) is 23.9. The van der Waals surface area contributed by atoms with Gasteiger partial charge in [0.05, 0.1) is 17.3 Å². The summed E-state index contributed by atoms with van der Waals surface area (Å²) in [6, 6.07) is 14.4. The van der Waals surface area contributed by atoms with E-state index in [2.05, 4.69) is 9.97 Å². The van der Waals surface area contributed by atoms with Gasteiger partial charge in [-0.1, -0.05) is 36.2 Å². The van der Waals surface area contributed by atoms with Crippen molar-refractivity contribution in [3.63, 3.8) is 0 Å². The van der Waals surface area contributed by atoms with E-state index in [-0.39, 0.29) is 14.3 Å². The highest BCUT2D eigenvalue weighted by Crippen LogP contribution is 2.34. The monoisotopic (exact) mass is 585 g/mol. The Morgan fingerprint density at radius 2 is 1.80 bits per heavy atom. The van der Waals surface area contributed by atoms with Gasteiger partial charge in [0.1, 0.15) is 17.1 Å². The molecule has 2 heterocycles. The van der Waals surface area contributed by atoms with Gasteiger partial charge < -0.3 is 14.5 Å². The molecule has 2 aromatic carbocycles. The normalized spacial score (nSPS) is 11.2. The Morgan fingerprint density at radius 3 is 2.45 bits per heavy atom. The average Bonchev–Trinajstić information content (AvgIpc) is 2.89. The highest BCUT2D eigenvalue weighted by atomic mass is 35.5. The number of ether oxygens (including phenoxy) is 2. The number of H-pyrrole nitrogens is 1. The van der Waals surface area contributed by atoms with Gasteiger partial charge in [-0.3, -0.25) is 9.59 Å². The number of hydrogen-bond acceptors (Lipinski definition) is 7. The van der Waals surface area contributed by atoms with Crippen molar-refractivity contribution in [1.82, 2.24) is 14.7 Å². The van der Waals surface area contributed by atoms with Gasteiger partial charge in [-0.2, -0.15) is 0 Å². The standard InChI is InChI=1S/C29H28ClN3O6S.2H2/c1-5-13-38-24-11-8-20(16-22(24)30)23-10-9-21(27(34)33-40(36,37)25-7-6-12-31-28(25)35)29(32-23)39-26-18(3)14-17(2)15-19(26)4;;/h6-12,14-16H,5,13H2,1-4H3,(H,31,35)(H,33,34);2*1H. The number of aryl methyl sites for hydroxylation is 3. The third-order valence-electron chi connectivity index (χ3n) is 5.90. The molecule has 2 N–H and O–H groups in total. The molecule has 0 unspecified atom stereocenters. The zero-order valence-electron chi connectivity index (χ0n) is 22.4. The summed E-state index contributed by atoms with van der Waals surface area (Å²) in [4.78, 5) is 31.6. The summed E-state index contributed by atoms with van der Waals surface area (Å²) in [6.45, 7) is 8.19. The van der Waals surface area contributed by atoms with Crippen LogP contribution in [-0.4, -0.2) is 30.9 Å². The van der Waals surface area contributed by atoms with Gasteiger partial charge in [0.25, 0.3) is 21.5 Å². The smallest absolute Gasteiger partial charge is 0.270 e. The number of amides is 1. The molecule has 0 aliphatic carbocycles. The highest BCUT2D eigenvalue weighted by molar-refractivity contribution is 7.90. The molecule has 212 valence electrons. The van der Waals surface area contributed by atoms with Gasteiger partial charge in [-0.25, -0.2) is 18.1 Å². The van der Waals surface area contributed by atoms with E-state index >= 15 is 0 Å². The molecule has 0 bridgehead atoms. The summed E-state index contributed by atoms with van der Waals surface area (Å²) in [5.74, 6) is -0.120. The van der Waals surface area contributed by atoms with Crippen molar-refractivity contribution in [2.24, 2.45) is 0 Å². The van der Waals surface area contributed by atoms with E-state index in [0.29, 0.717) is 34.4 Å². The summed E-state index contributed by atoms with van der Waals surface area (Å²) >= 11 is 6.42. The Bertz CT molecular complexity index is 1740. The Kier molecular flexibility index (Phi) is 8.61. The lowest BCUT2D eigenvalue weighted by molar-refractivity contribution is 0.0978. The lowest BCUT2D eigenvalue weighted by Crippen LogP contribution is -2.34. The summed E-state index contributed by atoms with van der Waals surface area (Å²) in [6.07, 6.45) is 2.12. The van der Waals surface area contributed by atoms with Crippen molar-refractivity contribution in [1.29, 1.82) is 0 Å². The van der Waals surface area contributed by atoms with Gasteiger partial charge in [-0.15, -0.1) is 0 Å². The van der Waals surface area contributed by atoms with Crippen molar-refractivity contribution in [3.8, 4) is 28.6 Å². The van der Waals surface area contributed by atoms with Gasteiger partial charge in [-0.05, 0) is 80.8 Å². The number of pyridine rings is 2. The number of nitrogens with zero attached hydrogens (tertiary/aromatic N) is 1. The molecule has 1 amide bonds. The molecule has 0 spiro atoms. The van der Waals surface area contributed by atoms with Crippen LogP contribution >= 0.6 is 11.6 Å². The SMILES string of the molecule is CCCOc1ccc(-c2ccc(C(=O)NS(=O)(=O)c3ccc[nH]c3=O)c(Oc3c(C)cc(C)cc3C)n2)cc1Cl.[HH].[HH]. The van der Waals surface area contributed by atoms with Crippen molar-refractivity contribution in [2.75, 3.05) is 6.61 Å². The first-order valence-corrected chi connectivity index (χ1v) is 14.3. The van der Waals surface area contributed by atoms with E-state index in [1.807, 2.05) is 44.5 Å². The van der Waals surface area contributed by atoms with Crippen LogP contribution in [0.4, 0.5) is 0 Å². The number of carbonyl (C=O) groups is 1. The third kappa shape index (κ3) is 6.35. The minimum Gasteiger partial charge on any atom is -0.492 e. The lowest BCUT2D eigenvalue weighted by atomic mass is 10.1. The van der Waals surface area contributed by atoms with Crippen LogP contribution < -0.4 is 19.8 Å². The van der Waals surface area contributed by atoms with E-state index in [1.165, 1.54) is 18.3 Å². The van der Waals surface area contributed by atoms with E-state index in [0.717, 1.165) is 29.2 Å². The number of halogens is 1. The molecule has 0 saturated carbocycles. The summed E-state index contributed by atoms with van der Waals surface area (Å²) < 4.78 is 39.4. The minimum atomic E-state index is -4.49. The molecular formula is C29H32ClN3O6S. The maximum atomic E-state index is 13.3. The van der Waals surface area contributed by atoms with Crippen LogP contribution in [0.3, 0.4) is 0 Å². The molecule has 0 atom stereocenters. The molecule has 0 aliphatic heterocycles. The highest BCUT2D eigenvalue weighted by Gasteiger charge is 2.25. The molecular weight excluding hydrogens is 554 g/mol. The summed E-state index contributed by atoms with van der Waals surface area (Å²) in [5.41, 5.74) is 2.70. The minimum absolute atomic E-state index is 0. The number of carbonyl (C=O) groups excluding carboxylic acids is 1. The Morgan fingerprint density at radius 1 is 1.07 bits per heavy atom. The van der Waals surface area contributed by atoms with Crippen LogP contribution in [0.25, 0.3) is 11.3 Å². The number of sulfonamides is 1. The molecule has 9 nitrogen and oxygen atoms in total. The molecule has 40 heavy (non-hydrogen) atoms. The Hall–Kier alpha value is -4.15. The molecule has 0 aliphatic rings. The first kappa shape index (κ1) is 28.8. The molecule has 4 rings (SSSR count). The van der Waals surface area contributed by atoms with Gasteiger partial charge >= 0.3 is 0 Å². The number of nitrogens with one attached hydrogen (secondary N) is 2. The van der Waals surface area contributed by atoms with E-state index < -0.39 is 26.4 Å². The predicted octanol–water partition coefficient (Wildman–Crippen LogP) is 6.21. The van der Waals surface area contributed by atoms with Crippen molar-refractivity contribution in [2.45, 2.75) is 39.0 Å². The van der Waals surface area contributed by atoms with Crippen LogP contribution in [0, 0.1) is 20.8 Å². The fraction of sp³-hybridized carbons (Fsp3) is 0.207. The Labute approximate surface area is 240 Å². The predicted molar refractivity (Wildman–Crippen MR) is 157 cm³/mol. The van der Waals surface area contributed by atoms with E-state index in [4.69, 9.17) is 21.1 Å². The second kappa shape index (κ2) is 11.9. The van der Waals surface area contributed by atoms with E-state index in [1.54, 1.807) is 24.3 Å². The maximum absolute atomic E-state index is 13.3. The van der Waals surface area contributed by atoms with Crippen molar-refractivity contribution >= 4 is 27.5 Å². The fourth-order valence-corrected chi connectivity index (χ4v) is 5.38. The number of aromatic amines is 1. The van der Waals surface area contributed by atoms with Crippen LogP contribution in [0.2, 0.25) is 5.02 Å². The number of hydrogen-bond donors (Lipinski definition) is 2. The van der Waals surface area contributed by atoms with Crippen molar-refractivity contribution in [3.05, 3.63) is 98.4 Å². The van der Waals surface area contributed by atoms with Gasteiger partial charge in [0.15, 0.2) is 4.90 Å². The number of rotatable bonds is 9. The Balaban J connectivity index is 0.00000308. The topological polar surface area (TPSA) is 127 Å². The number of benzene rings is 2. The van der Waals surface area contributed by atoms with Gasteiger partial charge in [0, 0.05) is 14.6 Å². The molecule has 11 heteroatoms. The first-order valence-electron chi connectivity index (χ1n) is 12.4. The largest absolute Gasteiger partial charge is 0.492 e. The third-order valence-corrected chi connectivity index (χ3v) is 7.55. The van der Waals surface area contributed by atoms with Crippen LogP contribution in [0.5, 0.6) is 17.4 Å². The van der Waals surface area contributed by atoms with Crippen LogP contribution in [-0.2, 0) is 10.0 Å². The molecule has 4 aromatic rings. The zero-order chi connectivity index (χ0) is 29.0. The average molecular weight is 586 g/mol. The fourth-order valence-electron chi connectivity index (χ4n) is 4.12. The molecule has 0 fully saturated rings. The van der Waals surface area contributed by atoms with Crippen LogP contribution in [0.1, 0.15) is 43.2 Å². The second-order valence-corrected chi connectivity index (χ2v) is 11.2. The van der Waals surface area contributed by atoms with E-state index in [9.17, 15) is 18.0 Å². The maximum Gasteiger partial charge on any atom is 0.270 e. The van der Waals surface area contributed by atoms with Gasteiger partial charge in [0.2, 0.25) is 5.88 Å². The molecule has 0 radical (unpaired) electrons.